The van der Waals surface area contributed by atoms with Gasteiger partial charge in [-0.2, -0.15) is 0 Å². The van der Waals surface area contributed by atoms with E-state index in [1.54, 1.807) is 12.1 Å². The second kappa shape index (κ2) is 13.3. The number of carboxylic acids is 1. The molecular weight excluding hydrogens is 436 g/mol. The summed E-state index contributed by atoms with van der Waals surface area (Å²) in [5, 5.41) is 12.7. The van der Waals surface area contributed by atoms with Crippen molar-refractivity contribution >= 4 is 17.6 Å². The Kier molecular flexibility index (Phi) is 9.91. The maximum Gasteiger partial charge on any atom is 0.336 e. The summed E-state index contributed by atoms with van der Waals surface area (Å²) in [6, 6.07) is 23.4. The SMILES string of the molecule is CCCCCCCC(=O)N(C)Cc1cccc(-c2ccc(NCc3ccccc3C(=O)O)cc2)c1. The molecule has 3 aromatic rings. The first-order valence-electron chi connectivity index (χ1n) is 12.5. The van der Waals surface area contributed by atoms with Gasteiger partial charge in [0, 0.05) is 32.2 Å². The highest BCUT2D eigenvalue weighted by molar-refractivity contribution is 5.89. The van der Waals surface area contributed by atoms with Crippen LogP contribution in [0.3, 0.4) is 0 Å². The zero-order valence-corrected chi connectivity index (χ0v) is 20.8. The molecule has 0 unspecified atom stereocenters. The quantitative estimate of drug-likeness (QED) is 0.263. The molecule has 0 aliphatic heterocycles. The molecule has 0 aliphatic rings. The van der Waals surface area contributed by atoms with Gasteiger partial charge in [0.05, 0.1) is 5.56 Å². The van der Waals surface area contributed by atoms with Crippen LogP contribution in [0.2, 0.25) is 0 Å². The fourth-order valence-corrected chi connectivity index (χ4v) is 4.14. The number of aromatic carboxylic acids is 1. The highest BCUT2D eigenvalue weighted by Crippen LogP contribution is 2.24. The first kappa shape index (κ1) is 26.0. The Hall–Kier alpha value is -3.60. The summed E-state index contributed by atoms with van der Waals surface area (Å²) in [5.74, 6) is -0.719. The number of hydrogen-bond acceptors (Lipinski definition) is 3. The molecule has 5 nitrogen and oxygen atoms in total. The highest BCUT2D eigenvalue weighted by atomic mass is 16.4. The topological polar surface area (TPSA) is 69.6 Å². The molecule has 0 aromatic heterocycles. The Morgan fingerprint density at radius 3 is 2.34 bits per heavy atom. The number of carbonyl (C=O) groups excluding carboxylic acids is 1. The number of hydrogen-bond donors (Lipinski definition) is 2. The number of rotatable bonds is 13. The molecule has 184 valence electrons. The van der Waals surface area contributed by atoms with E-state index in [2.05, 4.69) is 42.6 Å². The van der Waals surface area contributed by atoms with Crippen LogP contribution in [0, 0.1) is 0 Å². The lowest BCUT2D eigenvalue weighted by atomic mass is 10.0. The average molecular weight is 473 g/mol. The van der Waals surface area contributed by atoms with Gasteiger partial charge in [0.1, 0.15) is 0 Å². The Labute approximate surface area is 208 Å². The van der Waals surface area contributed by atoms with Crippen LogP contribution in [0.4, 0.5) is 5.69 Å². The average Bonchev–Trinajstić information content (AvgIpc) is 2.87. The minimum absolute atomic E-state index is 0.201. The predicted molar refractivity (Wildman–Crippen MR) is 142 cm³/mol. The van der Waals surface area contributed by atoms with Crippen molar-refractivity contribution in [2.45, 2.75) is 58.5 Å². The van der Waals surface area contributed by atoms with Crippen LogP contribution in [0.25, 0.3) is 11.1 Å². The van der Waals surface area contributed by atoms with Gasteiger partial charge in [-0.05, 0) is 52.9 Å². The van der Waals surface area contributed by atoms with Crippen molar-refractivity contribution in [1.82, 2.24) is 4.90 Å². The van der Waals surface area contributed by atoms with Gasteiger partial charge in [-0.15, -0.1) is 0 Å². The number of nitrogens with zero attached hydrogens (tertiary/aromatic N) is 1. The molecule has 0 bridgehead atoms. The van der Waals surface area contributed by atoms with Gasteiger partial charge in [-0.3, -0.25) is 4.79 Å². The van der Waals surface area contributed by atoms with Crippen molar-refractivity contribution < 1.29 is 14.7 Å². The zero-order valence-electron chi connectivity index (χ0n) is 20.8. The summed E-state index contributed by atoms with van der Waals surface area (Å²) in [7, 11) is 1.88. The van der Waals surface area contributed by atoms with E-state index < -0.39 is 5.97 Å². The molecule has 35 heavy (non-hydrogen) atoms. The van der Waals surface area contributed by atoms with Crippen LogP contribution in [0.1, 0.15) is 66.9 Å². The Balaban J connectivity index is 1.56. The first-order valence-corrected chi connectivity index (χ1v) is 12.5. The Morgan fingerprint density at radius 2 is 1.60 bits per heavy atom. The third-order valence-electron chi connectivity index (χ3n) is 6.22. The molecule has 0 heterocycles. The Bertz CT molecular complexity index is 1110. The maximum absolute atomic E-state index is 12.5. The van der Waals surface area contributed by atoms with Crippen LogP contribution in [0.5, 0.6) is 0 Å². The second-order valence-electron chi connectivity index (χ2n) is 9.01. The van der Waals surface area contributed by atoms with Gasteiger partial charge in [0.2, 0.25) is 5.91 Å². The van der Waals surface area contributed by atoms with Crippen molar-refractivity contribution in [2.24, 2.45) is 0 Å². The smallest absolute Gasteiger partial charge is 0.336 e. The summed E-state index contributed by atoms with van der Waals surface area (Å²) in [5.41, 5.74) is 5.29. The molecule has 0 spiro atoms. The van der Waals surface area contributed by atoms with Gasteiger partial charge in [0.15, 0.2) is 0 Å². The van der Waals surface area contributed by atoms with E-state index in [4.69, 9.17) is 0 Å². The van der Waals surface area contributed by atoms with E-state index in [9.17, 15) is 14.7 Å². The molecule has 3 aromatic carbocycles. The summed E-state index contributed by atoms with van der Waals surface area (Å²) >= 11 is 0. The van der Waals surface area contributed by atoms with E-state index in [0.717, 1.165) is 40.8 Å². The number of amides is 1. The molecule has 3 rings (SSSR count). The lowest BCUT2D eigenvalue weighted by Gasteiger charge is -2.18. The largest absolute Gasteiger partial charge is 0.478 e. The molecule has 0 atom stereocenters. The molecule has 0 saturated heterocycles. The molecule has 2 N–H and O–H groups in total. The van der Waals surface area contributed by atoms with E-state index >= 15 is 0 Å². The molecule has 0 fully saturated rings. The minimum Gasteiger partial charge on any atom is -0.478 e. The fraction of sp³-hybridized carbons (Fsp3) is 0.333. The van der Waals surface area contributed by atoms with Crippen LogP contribution < -0.4 is 5.32 Å². The molecule has 5 heteroatoms. The lowest BCUT2D eigenvalue weighted by molar-refractivity contribution is -0.130. The van der Waals surface area contributed by atoms with Gasteiger partial charge < -0.3 is 15.3 Å². The second-order valence-corrected chi connectivity index (χ2v) is 9.01. The predicted octanol–water partition coefficient (Wildman–Crippen LogP) is 6.98. The lowest BCUT2D eigenvalue weighted by Crippen LogP contribution is -2.25. The number of benzene rings is 3. The van der Waals surface area contributed by atoms with Gasteiger partial charge in [-0.25, -0.2) is 4.79 Å². The standard InChI is InChI=1S/C30H36N2O3/c1-3-4-5-6-7-15-29(33)32(2)22-23-11-10-13-25(20-23)24-16-18-27(19-17-24)31-21-26-12-8-9-14-28(26)30(34)35/h8-14,16-20,31H,3-7,15,21-22H2,1-2H3,(H,34,35). The van der Waals surface area contributed by atoms with E-state index in [1.807, 2.05) is 42.3 Å². The van der Waals surface area contributed by atoms with Gasteiger partial charge in [-0.1, -0.05) is 81.1 Å². The Morgan fingerprint density at radius 1 is 0.857 bits per heavy atom. The van der Waals surface area contributed by atoms with E-state index in [-0.39, 0.29) is 5.91 Å². The van der Waals surface area contributed by atoms with Crippen LogP contribution >= 0.6 is 0 Å². The molecule has 0 aliphatic carbocycles. The number of carbonyl (C=O) groups is 2. The summed E-state index contributed by atoms with van der Waals surface area (Å²) in [6.45, 7) is 3.24. The monoisotopic (exact) mass is 472 g/mol. The normalized spacial score (nSPS) is 10.7. The van der Waals surface area contributed by atoms with Crippen LogP contribution in [-0.4, -0.2) is 28.9 Å². The molecule has 0 saturated carbocycles. The van der Waals surface area contributed by atoms with Crippen molar-refractivity contribution in [2.75, 3.05) is 12.4 Å². The van der Waals surface area contributed by atoms with Crippen molar-refractivity contribution in [1.29, 1.82) is 0 Å². The van der Waals surface area contributed by atoms with E-state index in [1.165, 1.54) is 19.3 Å². The zero-order chi connectivity index (χ0) is 25.0. The summed E-state index contributed by atoms with van der Waals surface area (Å²) in [4.78, 5) is 25.7. The number of carboxylic acid groups (broad SMARTS) is 1. The van der Waals surface area contributed by atoms with Gasteiger partial charge >= 0.3 is 5.97 Å². The molecule has 1 amide bonds. The van der Waals surface area contributed by atoms with Gasteiger partial charge in [0.25, 0.3) is 0 Å². The van der Waals surface area contributed by atoms with Crippen LogP contribution in [0.15, 0.2) is 72.8 Å². The van der Waals surface area contributed by atoms with E-state index in [0.29, 0.717) is 25.1 Å². The number of anilines is 1. The van der Waals surface area contributed by atoms with Crippen molar-refractivity contribution in [3.05, 3.63) is 89.5 Å². The third kappa shape index (κ3) is 7.99. The highest BCUT2D eigenvalue weighted by Gasteiger charge is 2.10. The summed E-state index contributed by atoms with van der Waals surface area (Å²) in [6.07, 6.45) is 6.37. The number of unbranched alkanes of at least 4 members (excludes halogenated alkanes) is 4. The third-order valence-corrected chi connectivity index (χ3v) is 6.22. The van der Waals surface area contributed by atoms with Crippen LogP contribution in [-0.2, 0) is 17.9 Å². The maximum atomic E-state index is 12.5. The van der Waals surface area contributed by atoms with Crippen molar-refractivity contribution in [3.63, 3.8) is 0 Å². The first-order chi connectivity index (χ1) is 17.0. The van der Waals surface area contributed by atoms with Crippen molar-refractivity contribution in [3.8, 4) is 11.1 Å². The molecular formula is C30H36N2O3. The summed E-state index contributed by atoms with van der Waals surface area (Å²) < 4.78 is 0. The fourth-order valence-electron chi connectivity index (χ4n) is 4.14. The minimum atomic E-state index is -0.919. The number of nitrogens with one attached hydrogen (secondary N) is 1. The molecule has 0 radical (unpaired) electrons.